The lowest BCUT2D eigenvalue weighted by molar-refractivity contribution is -0.131. The van der Waals surface area contributed by atoms with Crippen LogP contribution in [0.4, 0.5) is 0 Å². The highest BCUT2D eigenvalue weighted by atomic mass is 16.5. The number of fused-ring (bicyclic) bond motifs is 3. The molecule has 1 amide bonds. The van der Waals surface area contributed by atoms with E-state index in [0.29, 0.717) is 28.6 Å². The van der Waals surface area contributed by atoms with E-state index < -0.39 is 11.9 Å². The van der Waals surface area contributed by atoms with Crippen molar-refractivity contribution in [3.8, 4) is 5.75 Å². The number of benzene rings is 3. The number of rotatable bonds is 4. The summed E-state index contributed by atoms with van der Waals surface area (Å²) in [7, 11) is 0. The Hall–Kier alpha value is -3.60. The summed E-state index contributed by atoms with van der Waals surface area (Å²) in [4.78, 5) is 23.7. The van der Waals surface area contributed by atoms with Crippen LogP contribution in [0.25, 0.3) is 21.8 Å². The standard InChI is InChI=1S/C22H18N2O3/c1-14(25)27-19-12-6-11-18-21(19)20-16(22(23)26)9-5-10-17(20)24(18)13-15-7-3-2-4-8-15/h2-12H,13H2,1H3,(H2,23,26). The van der Waals surface area contributed by atoms with Crippen molar-refractivity contribution in [2.24, 2.45) is 5.73 Å². The summed E-state index contributed by atoms with van der Waals surface area (Å²) in [5.41, 5.74) is 8.90. The van der Waals surface area contributed by atoms with E-state index in [-0.39, 0.29) is 0 Å². The van der Waals surface area contributed by atoms with Crippen molar-refractivity contribution >= 4 is 33.7 Å². The monoisotopic (exact) mass is 358 g/mol. The van der Waals surface area contributed by atoms with E-state index >= 15 is 0 Å². The number of amides is 1. The number of ether oxygens (including phenoxy) is 1. The first kappa shape index (κ1) is 16.8. The lowest BCUT2D eigenvalue weighted by Gasteiger charge is -2.08. The van der Waals surface area contributed by atoms with Crippen LogP contribution in [0.2, 0.25) is 0 Å². The molecule has 1 heterocycles. The topological polar surface area (TPSA) is 74.3 Å². The minimum Gasteiger partial charge on any atom is -0.426 e. The second-order valence-corrected chi connectivity index (χ2v) is 6.38. The molecule has 0 radical (unpaired) electrons. The highest BCUT2D eigenvalue weighted by Crippen LogP contribution is 2.38. The van der Waals surface area contributed by atoms with Crippen molar-refractivity contribution in [1.82, 2.24) is 4.57 Å². The van der Waals surface area contributed by atoms with Gasteiger partial charge in [0.05, 0.1) is 16.4 Å². The van der Waals surface area contributed by atoms with Crippen molar-refractivity contribution in [2.45, 2.75) is 13.5 Å². The molecule has 5 nitrogen and oxygen atoms in total. The van der Waals surface area contributed by atoms with Gasteiger partial charge < -0.3 is 15.0 Å². The van der Waals surface area contributed by atoms with E-state index in [2.05, 4.69) is 4.57 Å². The van der Waals surface area contributed by atoms with Crippen molar-refractivity contribution in [2.75, 3.05) is 0 Å². The largest absolute Gasteiger partial charge is 0.426 e. The minimum atomic E-state index is -0.517. The Morgan fingerprint density at radius 3 is 2.22 bits per heavy atom. The highest BCUT2D eigenvalue weighted by Gasteiger charge is 2.20. The number of nitrogens with zero attached hydrogens (tertiary/aromatic N) is 1. The van der Waals surface area contributed by atoms with Gasteiger partial charge in [-0.1, -0.05) is 42.5 Å². The van der Waals surface area contributed by atoms with E-state index in [0.717, 1.165) is 16.6 Å². The van der Waals surface area contributed by atoms with Crippen molar-refractivity contribution in [3.63, 3.8) is 0 Å². The van der Waals surface area contributed by atoms with E-state index in [4.69, 9.17) is 10.5 Å². The number of nitrogens with two attached hydrogens (primary N) is 1. The average Bonchev–Trinajstić information content (AvgIpc) is 2.97. The first-order valence-electron chi connectivity index (χ1n) is 8.62. The summed E-state index contributed by atoms with van der Waals surface area (Å²) in [5, 5.41) is 1.42. The van der Waals surface area contributed by atoms with Gasteiger partial charge in [-0.05, 0) is 29.8 Å². The van der Waals surface area contributed by atoms with Gasteiger partial charge in [0, 0.05) is 24.4 Å². The number of primary amides is 1. The molecule has 0 saturated carbocycles. The predicted molar refractivity (Wildman–Crippen MR) is 105 cm³/mol. The van der Waals surface area contributed by atoms with Crippen LogP contribution < -0.4 is 10.5 Å². The maximum atomic E-state index is 12.1. The molecule has 4 aromatic rings. The molecule has 5 heteroatoms. The van der Waals surface area contributed by atoms with Gasteiger partial charge >= 0.3 is 5.97 Å². The summed E-state index contributed by atoms with van der Waals surface area (Å²) >= 11 is 0. The third-order valence-corrected chi connectivity index (χ3v) is 4.58. The Labute approximate surface area is 156 Å². The Kier molecular flexibility index (Phi) is 4.12. The first-order chi connectivity index (χ1) is 13.1. The van der Waals surface area contributed by atoms with Gasteiger partial charge in [0.2, 0.25) is 5.91 Å². The number of carbonyl (C=O) groups is 2. The molecule has 0 aliphatic heterocycles. The molecule has 2 N–H and O–H groups in total. The third kappa shape index (κ3) is 2.93. The average molecular weight is 358 g/mol. The third-order valence-electron chi connectivity index (χ3n) is 4.58. The van der Waals surface area contributed by atoms with Crippen LogP contribution in [0.3, 0.4) is 0 Å². The number of carbonyl (C=O) groups excluding carboxylic acids is 2. The van der Waals surface area contributed by atoms with E-state index in [9.17, 15) is 9.59 Å². The molecule has 3 aromatic carbocycles. The SMILES string of the molecule is CC(=O)Oc1cccc2c1c1c(C(N)=O)cccc1n2Cc1ccccc1. The van der Waals surface area contributed by atoms with Crippen molar-refractivity contribution in [3.05, 3.63) is 77.9 Å². The molecule has 0 bridgehead atoms. The van der Waals surface area contributed by atoms with Crippen LogP contribution in [-0.2, 0) is 11.3 Å². The van der Waals surface area contributed by atoms with Crippen LogP contribution in [0.1, 0.15) is 22.8 Å². The van der Waals surface area contributed by atoms with Crippen LogP contribution in [0.5, 0.6) is 5.75 Å². The lowest BCUT2D eigenvalue weighted by atomic mass is 10.1. The molecule has 0 aliphatic carbocycles. The van der Waals surface area contributed by atoms with Crippen molar-refractivity contribution < 1.29 is 14.3 Å². The quantitative estimate of drug-likeness (QED) is 0.444. The molecule has 0 atom stereocenters. The number of esters is 1. The van der Waals surface area contributed by atoms with Gasteiger partial charge in [-0.2, -0.15) is 0 Å². The Balaban J connectivity index is 2.09. The lowest BCUT2D eigenvalue weighted by Crippen LogP contribution is -2.11. The number of hydrogen-bond donors (Lipinski definition) is 1. The maximum absolute atomic E-state index is 12.1. The van der Waals surface area contributed by atoms with Gasteiger partial charge in [0.15, 0.2) is 0 Å². The summed E-state index contributed by atoms with van der Waals surface area (Å²) in [6, 6.07) is 21.0. The molecule has 0 fully saturated rings. The molecular weight excluding hydrogens is 340 g/mol. The zero-order chi connectivity index (χ0) is 19.0. The molecule has 0 aliphatic rings. The molecule has 0 saturated heterocycles. The zero-order valence-corrected chi connectivity index (χ0v) is 14.8. The molecule has 4 rings (SSSR count). The molecule has 1 aromatic heterocycles. The van der Waals surface area contributed by atoms with E-state index in [1.165, 1.54) is 6.92 Å². The molecular formula is C22H18N2O3. The molecule has 134 valence electrons. The fourth-order valence-electron chi connectivity index (χ4n) is 3.53. The smallest absolute Gasteiger partial charge is 0.308 e. The number of hydrogen-bond acceptors (Lipinski definition) is 3. The fourth-order valence-corrected chi connectivity index (χ4v) is 3.53. The summed E-state index contributed by atoms with van der Waals surface area (Å²) in [5.74, 6) is -0.509. The second kappa shape index (κ2) is 6.61. The number of aromatic nitrogens is 1. The van der Waals surface area contributed by atoms with Crippen LogP contribution in [-0.4, -0.2) is 16.4 Å². The Morgan fingerprint density at radius 2 is 1.56 bits per heavy atom. The van der Waals surface area contributed by atoms with Gasteiger partial charge in [-0.15, -0.1) is 0 Å². The van der Waals surface area contributed by atoms with Crippen LogP contribution in [0, 0.1) is 0 Å². The summed E-state index contributed by atoms with van der Waals surface area (Å²) in [6.07, 6.45) is 0. The molecule has 27 heavy (non-hydrogen) atoms. The van der Waals surface area contributed by atoms with E-state index in [1.807, 2.05) is 54.6 Å². The minimum absolute atomic E-state index is 0.406. The van der Waals surface area contributed by atoms with Gasteiger partial charge in [-0.3, -0.25) is 9.59 Å². The van der Waals surface area contributed by atoms with Crippen LogP contribution in [0.15, 0.2) is 66.7 Å². The van der Waals surface area contributed by atoms with Crippen LogP contribution >= 0.6 is 0 Å². The zero-order valence-electron chi connectivity index (χ0n) is 14.8. The summed E-state index contributed by atoms with van der Waals surface area (Å²) < 4.78 is 7.54. The first-order valence-corrected chi connectivity index (χ1v) is 8.62. The molecule has 0 unspecified atom stereocenters. The van der Waals surface area contributed by atoms with E-state index in [1.54, 1.807) is 12.1 Å². The molecule has 0 spiro atoms. The second-order valence-electron chi connectivity index (χ2n) is 6.38. The normalized spacial score (nSPS) is 11.0. The fraction of sp³-hybridized carbons (Fsp3) is 0.0909. The van der Waals surface area contributed by atoms with Gasteiger partial charge in [0.25, 0.3) is 0 Å². The van der Waals surface area contributed by atoms with Gasteiger partial charge in [0.1, 0.15) is 5.75 Å². The van der Waals surface area contributed by atoms with Crippen molar-refractivity contribution in [1.29, 1.82) is 0 Å². The Bertz CT molecular complexity index is 1180. The summed E-state index contributed by atoms with van der Waals surface area (Å²) in [6.45, 7) is 1.98. The highest BCUT2D eigenvalue weighted by molar-refractivity contribution is 6.20. The Morgan fingerprint density at radius 1 is 0.889 bits per heavy atom. The van der Waals surface area contributed by atoms with Gasteiger partial charge in [-0.25, -0.2) is 0 Å². The maximum Gasteiger partial charge on any atom is 0.308 e. The predicted octanol–water partition coefficient (Wildman–Crippen LogP) is 3.87.